The van der Waals surface area contributed by atoms with E-state index in [-0.39, 0.29) is 17.5 Å². The minimum atomic E-state index is 0.0293. The van der Waals surface area contributed by atoms with Crippen molar-refractivity contribution in [3.05, 3.63) is 83.9 Å². The second kappa shape index (κ2) is 8.42. The number of ketones is 1. The Hall–Kier alpha value is -3.73. The van der Waals surface area contributed by atoms with Crippen LogP contribution in [0.3, 0.4) is 0 Å². The lowest BCUT2D eigenvalue weighted by Gasteiger charge is -2.33. The van der Waals surface area contributed by atoms with Gasteiger partial charge < -0.3 is 10.0 Å². The van der Waals surface area contributed by atoms with E-state index < -0.39 is 0 Å². The molecule has 1 fully saturated rings. The highest BCUT2D eigenvalue weighted by molar-refractivity contribution is 5.98. The Morgan fingerprint density at radius 1 is 0.938 bits per heavy atom. The molecule has 0 bridgehead atoms. The number of aryl methyl sites for hydroxylation is 1. The zero-order chi connectivity index (χ0) is 22.1. The van der Waals surface area contributed by atoms with Crippen molar-refractivity contribution < 1.29 is 9.90 Å². The molecule has 5 heteroatoms. The molecular weight excluding hydrogens is 398 g/mol. The normalized spacial score (nSPS) is 14.6. The number of hydrogen-bond donors (Lipinski definition) is 1. The van der Waals surface area contributed by atoms with Crippen LogP contribution in [0.4, 0.5) is 5.82 Å². The molecular formula is C27H25N3O2. The fraction of sp³-hybridized carbons (Fsp3) is 0.222. The molecule has 32 heavy (non-hydrogen) atoms. The third-order valence-electron chi connectivity index (χ3n) is 6.20. The largest absolute Gasteiger partial charge is 0.507 e. The van der Waals surface area contributed by atoms with E-state index in [1.54, 1.807) is 12.1 Å². The van der Waals surface area contributed by atoms with E-state index in [1.165, 1.54) is 0 Å². The number of para-hydroxylation sites is 1. The maximum atomic E-state index is 12.9. The maximum Gasteiger partial charge on any atom is 0.166 e. The highest BCUT2D eigenvalue weighted by Gasteiger charge is 2.27. The van der Waals surface area contributed by atoms with Crippen molar-refractivity contribution in [3.8, 4) is 17.1 Å². The van der Waals surface area contributed by atoms with Crippen molar-refractivity contribution in [2.24, 2.45) is 5.92 Å². The number of Topliss-reactive ketones (excluding diaryl/α,β-unsaturated/α-hetero) is 1. The van der Waals surface area contributed by atoms with Crippen LogP contribution < -0.4 is 4.90 Å². The highest BCUT2D eigenvalue weighted by atomic mass is 16.3. The van der Waals surface area contributed by atoms with E-state index in [4.69, 9.17) is 9.97 Å². The van der Waals surface area contributed by atoms with E-state index in [0.29, 0.717) is 11.4 Å². The Morgan fingerprint density at radius 2 is 1.66 bits per heavy atom. The molecule has 1 N–H and O–H groups in total. The van der Waals surface area contributed by atoms with Crippen molar-refractivity contribution in [2.45, 2.75) is 19.8 Å². The monoisotopic (exact) mass is 423 g/mol. The molecule has 0 amide bonds. The summed E-state index contributed by atoms with van der Waals surface area (Å²) in [6.45, 7) is 3.55. The topological polar surface area (TPSA) is 66.3 Å². The average molecular weight is 424 g/mol. The molecule has 0 aliphatic carbocycles. The molecule has 1 aromatic heterocycles. The third-order valence-corrected chi connectivity index (χ3v) is 6.20. The maximum absolute atomic E-state index is 12.9. The summed E-state index contributed by atoms with van der Waals surface area (Å²) in [7, 11) is 0. The predicted molar refractivity (Wildman–Crippen MR) is 127 cm³/mol. The van der Waals surface area contributed by atoms with E-state index in [1.807, 2.05) is 49.4 Å². The number of anilines is 1. The van der Waals surface area contributed by atoms with Crippen molar-refractivity contribution in [1.29, 1.82) is 0 Å². The van der Waals surface area contributed by atoms with Crippen LogP contribution in [0, 0.1) is 12.8 Å². The molecule has 0 atom stereocenters. The van der Waals surface area contributed by atoms with E-state index in [2.05, 4.69) is 23.1 Å². The van der Waals surface area contributed by atoms with Gasteiger partial charge in [0.2, 0.25) is 0 Å². The number of phenolic OH excluding ortho intramolecular Hbond substituents is 1. The minimum Gasteiger partial charge on any atom is -0.507 e. The molecule has 2 heterocycles. The number of carbonyl (C=O) groups excluding carboxylic acids is 1. The summed E-state index contributed by atoms with van der Waals surface area (Å²) in [5.74, 6) is 1.79. The van der Waals surface area contributed by atoms with Gasteiger partial charge in [-0.05, 0) is 49.6 Å². The third kappa shape index (κ3) is 3.82. The lowest BCUT2D eigenvalue weighted by Crippen LogP contribution is -2.37. The van der Waals surface area contributed by atoms with E-state index >= 15 is 0 Å². The molecule has 5 rings (SSSR count). The highest BCUT2D eigenvalue weighted by Crippen LogP contribution is 2.34. The van der Waals surface area contributed by atoms with Crippen LogP contribution in [0.1, 0.15) is 28.8 Å². The number of aromatic nitrogens is 2. The lowest BCUT2D eigenvalue weighted by molar-refractivity contribution is 0.0900. The summed E-state index contributed by atoms with van der Waals surface area (Å²) in [4.78, 5) is 24.8. The molecule has 0 saturated carbocycles. The first-order valence-corrected chi connectivity index (χ1v) is 11.0. The first-order valence-electron chi connectivity index (χ1n) is 11.0. The molecule has 0 spiro atoms. The van der Waals surface area contributed by atoms with Crippen LogP contribution in [0.25, 0.3) is 22.3 Å². The summed E-state index contributed by atoms with van der Waals surface area (Å²) in [5, 5.41) is 11.4. The fourth-order valence-electron chi connectivity index (χ4n) is 4.44. The molecule has 4 aromatic rings. The molecule has 1 aliphatic rings. The number of hydrogen-bond acceptors (Lipinski definition) is 5. The quantitative estimate of drug-likeness (QED) is 0.445. The molecule has 3 aromatic carbocycles. The smallest absolute Gasteiger partial charge is 0.166 e. The second-order valence-corrected chi connectivity index (χ2v) is 8.40. The van der Waals surface area contributed by atoms with Crippen LogP contribution in [0.2, 0.25) is 0 Å². The van der Waals surface area contributed by atoms with Gasteiger partial charge in [-0.2, -0.15) is 0 Å². The Morgan fingerprint density at radius 3 is 2.41 bits per heavy atom. The minimum absolute atomic E-state index is 0.0293. The van der Waals surface area contributed by atoms with Gasteiger partial charge in [-0.1, -0.05) is 48.5 Å². The molecule has 1 saturated heterocycles. The van der Waals surface area contributed by atoms with Gasteiger partial charge in [-0.25, -0.2) is 9.97 Å². The van der Waals surface area contributed by atoms with Crippen LogP contribution in [0.5, 0.6) is 5.75 Å². The number of nitrogens with zero attached hydrogens (tertiary/aromatic N) is 3. The summed E-state index contributed by atoms with van der Waals surface area (Å²) in [5.41, 5.74) is 3.38. The first kappa shape index (κ1) is 20.2. The zero-order valence-electron chi connectivity index (χ0n) is 18.0. The number of aromatic hydroxyl groups is 1. The summed E-state index contributed by atoms with van der Waals surface area (Å²) in [6, 6.07) is 22.9. The van der Waals surface area contributed by atoms with Gasteiger partial charge in [0.15, 0.2) is 11.6 Å². The van der Waals surface area contributed by atoms with Gasteiger partial charge in [-0.15, -0.1) is 0 Å². The Kier molecular flexibility index (Phi) is 5.31. The van der Waals surface area contributed by atoms with Gasteiger partial charge in [0.1, 0.15) is 11.6 Å². The Labute approximate surface area is 187 Å². The van der Waals surface area contributed by atoms with E-state index in [9.17, 15) is 9.90 Å². The first-order chi connectivity index (χ1) is 15.6. The average Bonchev–Trinajstić information content (AvgIpc) is 2.83. The summed E-state index contributed by atoms with van der Waals surface area (Å²) in [6.07, 6.45) is 1.58. The van der Waals surface area contributed by atoms with Crippen molar-refractivity contribution in [3.63, 3.8) is 0 Å². The number of rotatable bonds is 4. The molecule has 160 valence electrons. The lowest BCUT2D eigenvalue weighted by atomic mass is 9.89. The van der Waals surface area contributed by atoms with Gasteiger partial charge in [0.05, 0.1) is 11.1 Å². The number of phenols is 1. The van der Waals surface area contributed by atoms with Crippen molar-refractivity contribution in [2.75, 3.05) is 18.0 Å². The van der Waals surface area contributed by atoms with E-state index in [0.717, 1.165) is 53.8 Å². The Bertz CT molecular complexity index is 1280. The Balaban J connectivity index is 1.48. The van der Waals surface area contributed by atoms with Crippen LogP contribution in [0.15, 0.2) is 72.8 Å². The number of piperidine rings is 1. The zero-order valence-corrected chi connectivity index (χ0v) is 18.0. The predicted octanol–water partition coefficient (Wildman–Crippen LogP) is 5.41. The van der Waals surface area contributed by atoms with Gasteiger partial charge >= 0.3 is 0 Å². The van der Waals surface area contributed by atoms with Crippen LogP contribution >= 0.6 is 0 Å². The van der Waals surface area contributed by atoms with Crippen molar-refractivity contribution in [1.82, 2.24) is 9.97 Å². The van der Waals surface area contributed by atoms with Crippen molar-refractivity contribution >= 4 is 22.5 Å². The van der Waals surface area contributed by atoms with Gasteiger partial charge in [0.25, 0.3) is 0 Å². The fourth-order valence-corrected chi connectivity index (χ4v) is 4.44. The second-order valence-electron chi connectivity index (χ2n) is 8.40. The summed E-state index contributed by atoms with van der Waals surface area (Å²) < 4.78 is 0. The molecule has 5 nitrogen and oxygen atoms in total. The van der Waals surface area contributed by atoms with Gasteiger partial charge in [0, 0.05) is 30.0 Å². The SMILES string of the molecule is Cc1ccc2c(N3CCC(C(=O)c4ccccc4)CC3)nc(-c3ccccc3O)nc2c1. The van der Waals surface area contributed by atoms with Crippen LogP contribution in [-0.2, 0) is 0 Å². The van der Waals surface area contributed by atoms with Gasteiger partial charge in [-0.3, -0.25) is 4.79 Å². The van der Waals surface area contributed by atoms with Crippen LogP contribution in [-0.4, -0.2) is 33.9 Å². The number of carbonyl (C=O) groups is 1. The standard InChI is InChI=1S/C27H25N3O2/c1-18-11-12-21-23(17-18)28-26(22-9-5-6-10-24(22)31)29-27(21)30-15-13-20(14-16-30)25(32)19-7-3-2-4-8-19/h2-12,17,20,31H,13-16H2,1H3. The molecule has 0 radical (unpaired) electrons. The number of fused-ring (bicyclic) bond motifs is 1. The molecule has 0 unspecified atom stereocenters. The molecule has 1 aliphatic heterocycles. The number of benzene rings is 3. The summed E-state index contributed by atoms with van der Waals surface area (Å²) >= 11 is 0.